The van der Waals surface area contributed by atoms with Gasteiger partial charge in [0.1, 0.15) is 9.96 Å². The molecule has 0 spiro atoms. The molecular weight excluding hydrogens is 412 g/mol. The maximum Gasteiger partial charge on any atom is 0.250 e. The zero-order valence-electron chi connectivity index (χ0n) is 16.5. The van der Waals surface area contributed by atoms with Crippen molar-refractivity contribution in [1.29, 1.82) is 0 Å². The number of sulfonamides is 1. The fraction of sp³-hybridized carbons (Fsp3) is 0.450. The minimum absolute atomic E-state index is 0.191. The summed E-state index contributed by atoms with van der Waals surface area (Å²) in [5, 5.41) is 4.62. The molecule has 2 aromatic rings. The molecule has 1 saturated heterocycles. The molecular formula is C20H26N2O5S2. The Morgan fingerprint density at radius 3 is 2.52 bits per heavy atom. The lowest BCUT2D eigenvalue weighted by atomic mass is 9.74. The van der Waals surface area contributed by atoms with Crippen LogP contribution in [0.1, 0.15) is 25.3 Å². The second-order valence-corrected chi connectivity index (χ2v) is 10.0. The predicted octanol–water partition coefficient (Wildman–Crippen LogP) is 2.29. The normalized spacial score (nSPS) is 17.4. The average Bonchev–Trinajstić information content (AvgIpc) is 3.28. The number of amides is 1. The third-order valence-corrected chi connectivity index (χ3v) is 8.18. The van der Waals surface area contributed by atoms with Crippen molar-refractivity contribution < 1.29 is 22.7 Å². The third kappa shape index (κ3) is 5.16. The predicted molar refractivity (Wildman–Crippen MR) is 112 cm³/mol. The monoisotopic (exact) mass is 438 g/mol. The Bertz CT molecular complexity index is 905. The van der Waals surface area contributed by atoms with Gasteiger partial charge >= 0.3 is 0 Å². The molecule has 158 valence electrons. The van der Waals surface area contributed by atoms with Gasteiger partial charge in [-0.2, -0.15) is 4.72 Å². The first-order valence-corrected chi connectivity index (χ1v) is 11.8. The van der Waals surface area contributed by atoms with Crippen molar-refractivity contribution in [2.24, 2.45) is 0 Å². The summed E-state index contributed by atoms with van der Waals surface area (Å²) in [7, 11) is -2.08. The number of hydrogen-bond acceptors (Lipinski definition) is 6. The number of hydrogen-bond donors (Lipinski definition) is 2. The molecule has 1 aromatic carbocycles. The van der Waals surface area contributed by atoms with Gasteiger partial charge in [0.05, 0.1) is 13.2 Å². The second-order valence-electron chi connectivity index (χ2n) is 7.11. The molecule has 1 aromatic heterocycles. The van der Waals surface area contributed by atoms with E-state index in [1.807, 2.05) is 24.3 Å². The molecule has 1 amide bonds. The van der Waals surface area contributed by atoms with Gasteiger partial charge in [-0.3, -0.25) is 4.79 Å². The summed E-state index contributed by atoms with van der Waals surface area (Å²) >= 11 is 1.11. The van der Waals surface area contributed by atoms with E-state index in [0.717, 1.165) is 35.5 Å². The standard InChI is InChI=1S/C20H26N2O5S2/c1-15(22-29(24,25)18-4-3-13-28-18)19(23)21-14-20(9-11-27-12-10-20)16-5-7-17(26-2)8-6-16/h3-8,13,15,22H,9-12,14H2,1-2H3,(H,21,23). The maximum absolute atomic E-state index is 12.6. The van der Waals surface area contributed by atoms with E-state index in [-0.39, 0.29) is 15.5 Å². The van der Waals surface area contributed by atoms with Crippen molar-refractivity contribution in [1.82, 2.24) is 10.0 Å². The third-order valence-electron chi connectivity index (χ3n) is 5.24. The Hall–Kier alpha value is -1.94. The number of methoxy groups -OCH3 is 1. The minimum Gasteiger partial charge on any atom is -0.497 e. The Morgan fingerprint density at radius 2 is 1.93 bits per heavy atom. The molecule has 2 N–H and O–H groups in total. The number of carbonyl (C=O) groups is 1. The largest absolute Gasteiger partial charge is 0.497 e. The molecule has 1 atom stereocenters. The molecule has 1 aliphatic rings. The van der Waals surface area contributed by atoms with E-state index in [4.69, 9.17) is 9.47 Å². The number of benzene rings is 1. The highest BCUT2D eigenvalue weighted by molar-refractivity contribution is 7.91. The van der Waals surface area contributed by atoms with Crippen LogP contribution < -0.4 is 14.8 Å². The molecule has 3 rings (SSSR count). The fourth-order valence-electron chi connectivity index (χ4n) is 3.44. The molecule has 0 aliphatic carbocycles. The van der Waals surface area contributed by atoms with E-state index in [9.17, 15) is 13.2 Å². The van der Waals surface area contributed by atoms with Crippen LogP contribution in [0.5, 0.6) is 5.75 Å². The number of thiophene rings is 1. The Morgan fingerprint density at radius 1 is 1.24 bits per heavy atom. The van der Waals surface area contributed by atoms with Gasteiger partial charge in [0.15, 0.2) is 0 Å². The van der Waals surface area contributed by atoms with Crippen molar-refractivity contribution in [2.75, 3.05) is 26.9 Å². The van der Waals surface area contributed by atoms with Crippen molar-refractivity contribution in [3.8, 4) is 5.75 Å². The topological polar surface area (TPSA) is 93.7 Å². The van der Waals surface area contributed by atoms with Gasteiger partial charge in [-0.15, -0.1) is 11.3 Å². The van der Waals surface area contributed by atoms with Gasteiger partial charge in [-0.25, -0.2) is 8.42 Å². The summed E-state index contributed by atoms with van der Waals surface area (Å²) in [4.78, 5) is 12.6. The summed E-state index contributed by atoms with van der Waals surface area (Å²) in [5.74, 6) is 0.418. The van der Waals surface area contributed by atoms with E-state index in [2.05, 4.69) is 10.0 Å². The van der Waals surface area contributed by atoms with Gasteiger partial charge < -0.3 is 14.8 Å². The summed E-state index contributed by atoms with van der Waals surface area (Å²) in [6, 6.07) is 10.1. The van der Waals surface area contributed by atoms with Crippen molar-refractivity contribution >= 4 is 27.3 Å². The van der Waals surface area contributed by atoms with Crippen LogP contribution >= 0.6 is 11.3 Å². The SMILES string of the molecule is COc1ccc(C2(CNC(=O)C(C)NS(=O)(=O)c3cccs3)CCOCC2)cc1. The van der Waals surface area contributed by atoms with Crippen LogP contribution in [0.2, 0.25) is 0 Å². The molecule has 1 unspecified atom stereocenters. The van der Waals surface area contributed by atoms with Gasteiger partial charge in [-0.1, -0.05) is 18.2 Å². The Balaban J connectivity index is 1.68. The second kappa shape index (κ2) is 9.25. The highest BCUT2D eigenvalue weighted by Crippen LogP contribution is 2.35. The van der Waals surface area contributed by atoms with Crippen LogP contribution in [0, 0.1) is 0 Å². The molecule has 7 nitrogen and oxygen atoms in total. The molecule has 0 bridgehead atoms. The number of nitrogens with one attached hydrogen (secondary N) is 2. The molecule has 1 aliphatic heterocycles. The van der Waals surface area contributed by atoms with Crippen molar-refractivity contribution in [3.05, 3.63) is 47.3 Å². The van der Waals surface area contributed by atoms with Gasteiger partial charge in [-0.05, 0) is 48.9 Å². The van der Waals surface area contributed by atoms with E-state index in [1.165, 1.54) is 6.07 Å². The van der Waals surface area contributed by atoms with Crippen molar-refractivity contribution in [2.45, 2.75) is 35.4 Å². The molecule has 9 heteroatoms. The highest BCUT2D eigenvalue weighted by Gasteiger charge is 2.35. The summed E-state index contributed by atoms with van der Waals surface area (Å²) in [5.41, 5.74) is 0.848. The summed E-state index contributed by atoms with van der Waals surface area (Å²) < 4.78 is 38.1. The molecule has 0 saturated carbocycles. The Kier molecular flexibility index (Phi) is 6.94. The highest BCUT2D eigenvalue weighted by atomic mass is 32.2. The molecule has 1 fully saturated rings. The lowest BCUT2D eigenvalue weighted by Crippen LogP contribution is -2.50. The lowest BCUT2D eigenvalue weighted by Gasteiger charge is -2.38. The van der Waals surface area contributed by atoms with Gasteiger partial charge in [0, 0.05) is 25.2 Å². The first-order valence-electron chi connectivity index (χ1n) is 9.42. The summed E-state index contributed by atoms with van der Waals surface area (Å²) in [6.07, 6.45) is 1.55. The first-order chi connectivity index (χ1) is 13.9. The van der Waals surface area contributed by atoms with E-state index in [1.54, 1.807) is 25.5 Å². The maximum atomic E-state index is 12.6. The van der Waals surface area contributed by atoms with Crippen LogP contribution in [0.4, 0.5) is 0 Å². The lowest BCUT2D eigenvalue weighted by molar-refractivity contribution is -0.122. The van der Waals surface area contributed by atoms with E-state index >= 15 is 0 Å². The van der Waals surface area contributed by atoms with Crippen LogP contribution in [-0.4, -0.2) is 47.2 Å². The Labute approximate surface area is 175 Å². The van der Waals surface area contributed by atoms with E-state index in [0.29, 0.717) is 19.8 Å². The van der Waals surface area contributed by atoms with Crippen LogP contribution in [0.15, 0.2) is 46.0 Å². The van der Waals surface area contributed by atoms with E-state index < -0.39 is 16.1 Å². The van der Waals surface area contributed by atoms with Crippen LogP contribution in [0.3, 0.4) is 0 Å². The van der Waals surface area contributed by atoms with Gasteiger partial charge in [0.2, 0.25) is 5.91 Å². The first kappa shape index (κ1) is 21.8. The molecule has 2 heterocycles. The average molecular weight is 439 g/mol. The molecule has 29 heavy (non-hydrogen) atoms. The van der Waals surface area contributed by atoms with Crippen LogP contribution in [0.25, 0.3) is 0 Å². The number of ether oxygens (including phenoxy) is 2. The molecule has 0 radical (unpaired) electrons. The smallest absolute Gasteiger partial charge is 0.250 e. The minimum atomic E-state index is -3.71. The van der Waals surface area contributed by atoms with Crippen LogP contribution in [-0.2, 0) is 25.0 Å². The fourth-order valence-corrected chi connectivity index (χ4v) is 5.66. The van der Waals surface area contributed by atoms with Gasteiger partial charge in [0.25, 0.3) is 10.0 Å². The zero-order chi connectivity index (χ0) is 20.9. The quantitative estimate of drug-likeness (QED) is 0.660. The zero-order valence-corrected chi connectivity index (χ0v) is 18.1. The number of rotatable bonds is 8. The number of carbonyl (C=O) groups excluding carboxylic acids is 1. The van der Waals surface area contributed by atoms with Crippen molar-refractivity contribution in [3.63, 3.8) is 0 Å². The summed E-state index contributed by atoms with van der Waals surface area (Å²) in [6.45, 7) is 3.18.